The van der Waals surface area contributed by atoms with Gasteiger partial charge in [0, 0.05) is 38.6 Å². The quantitative estimate of drug-likeness (QED) is 0.381. The van der Waals surface area contributed by atoms with E-state index in [2.05, 4.69) is 25.8 Å². The zero-order valence-electron chi connectivity index (χ0n) is 22.4. The number of nitrogens with zero attached hydrogens (tertiary/aromatic N) is 1. The van der Waals surface area contributed by atoms with Gasteiger partial charge >= 0.3 is 5.97 Å². The summed E-state index contributed by atoms with van der Waals surface area (Å²) >= 11 is 0. The molecule has 0 saturated carbocycles. The van der Waals surface area contributed by atoms with Crippen molar-refractivity contribution in [2.45, 2.75) is 51.0 Å². The van der Waals surface area contributed by atoms with Gasteiger partial charge in [0.15, 0.2) is 0 Å². The van der Waals surface area contributed by atoms with Crippen LogP contribution in [0.4, 0.5) is 4.39 Å². The number of benzene rings is 2. The third-order valence-electron chi connectivity index (χ3n) is 7.18. The highest BCUT2D eigenvalue weighted by molar-refractivity contribution is 5.71. The molecule has 0 fully saturated rings. The molecule has 6 nitrogen and oxygen atoms in total. The summed E-state index contributed by atoms with van der Waals surface area (Å²) in [7, 11) is 6.88. The Balaban J connectivity index is 1.78. The zero-order valence-corrected chi connectivity index (χ0v) is 22.4. The summed E-state index contributed by atoms with van der Waals surface area (Å²) in [4.78, 5) is 14.9. The van der Waals surface area contributed by atoms with E-state index in [1.165, 1.54) is 13.2 Å². The molecule has 7 heteroatoms. The van der Waals surface area contributed by atoms with Gasteiger partial charge in [-0.1, -0.05) is 19.9 Å². The van der Waals surface area contributed by atoms with Gasteiger partial charge < -0.3 is 23.8 Å². The highest BCUT2D eigenvalue weighted by atomic mass is 19.1. The molecule has 0 heterocycles. The molecular weight excluding hydrogens is 461 g/mol. The molecule has 1 aliphatic rings. The van der Waals surface area contributed by atoms with Gasteiger partial charge in [0.05, 0.1) is 14.2 Å². The lowest BCUT2D eigenvalue weighted by Crippen LogP contribution is -2.49. The van der Waals surface area contributed by atoms with Crippen LogP contribution in [0.1, 0.15) is 49.3 Å². The first-order valence-electron chi connectivity index (χ1n) is 12.6. The Hall–Kier alpha value is -2.64. The molecule has 2 aromatic rings. The Labute approximate surface area is 214 Å². The maximum atomic E-state index is 14.0. The first-order valence-corrected chi connectivity index (χ1v) is 12.6. The van der Waals surface area contributed by atoms with Gasteiger partial charge in [-0.2, -0.15) is 0 Å². The van der Waals surface area contributed by atoms with Crippen LogP contribution in [0.2, 0.25) is 0 Å². The molecule has 0 spiro atoms. The fourth-order valence-corrected chi connectivity index (χ4v) is 5.49. The second-order valence-corrected chi connectivity index (χ2v) is 10.1. The van der Waals surface area contributed by atoms with Gasteiger partial charge in [0.1, 0.15) is 29.5 Å². The molecular formula is C29H40FNO5. The van der Waals surface area contributed by atoms with Crippen LogP contribution in [-0.2, 0) is 27.1 Å². The number of hydrogen-bond donors (Lipinski definition) is 0. The summed E-state index contributed by atoms with van der Waals surface area (Å²) in [5.74, 6) is 1.13. The Bertz CT molecular complexity index is 1000. The van der Waals surface area contributed by atoms with Crippen molar-refractivity contribution < 1.29 is 28.1 Å². The minimum absolute atomic E-state index is 0.0290. The number of esters is 1. The number of hydrogen-bond acceptors (Lipinski definition) is 6. The summed E-state index contributed by atoms with van der Waals surface area (Å²) in [5, 5.41) is 0. The molecule has 2 aromatic carbocycles. The third kappa shape index (κ3) is 6.77. The highest BCUT2D eigenvalue weighted by Gasteiger charge is 2.47. The average molecular weight is 502 g/mol. The van der Waals surface area contributed by atoms with E-state index in [0.29, 0.717) is 19.3 Å². The Morgan fingerprint density at radius 2 is 1.78 bits per heavy atom. The van der Waals surface area contributed by atoms with Gasteiger partial charge in [0.25, 0.3) is 0 Å². The van der Waals surface area contributed by atoms with Crippen molar-refractivity contribution in [2.75, 3.05) is 48.1 Å². The molecule has 0 radical (unpaired) electrons. The molecule has 0 saturated heterocycles. The molecule has 198 valence electrons. The summed E-state index contributed by atoms with van der Waals surface area (Å²) in [5.41, 5.74) is 2.54. The van der Waals surface area contributed by atoms with Crippen LogP contribution >= 0.6 is 0 Å². The monoisotopic (exact) mass is 501 g/mol. The minimum atomic E-state index is -0.679. The van der Waals surface area contributed by atoms with E-state index in [1.54, 1.807) is 20.3 Å². The fourth-order valence-electron chi connectivity index (χ4n) is 5.49. The van der Waals surface area contributed by atoms with Crippen molar-refractivity contribution in [1.82, 2.24) is 4.90 Å². The maximum Gasteiger partial charge on any atom is 0.332 e. The number of ether oxygens (including phenoxy) is 4. The standard InChI is InChI=1S/C29H40FNO5/c1-20(2)28-26-8-7-23(30)17-22(26)9-11-29(28,36-27(32)19-33-4)12-14-31(3)13-10-21-15-24(34-5)18-25(16-21)35-6/h7-8,15-18,20,28H,9-14,19H2,1-6H3/t28-,29-/m0/s1. The van der Waals surface area contributed by atoms with E-state index in [-0.39, 0.29) is 30.2 Å². The van der Waals surface area contributed by atoms with E-state index in [0.717, 1.165) is 47.7 Å². The van der Waals surface area contributed by atoms with Crippen molar-refractivity contribution in [3.8, 4) is 11.5 Å². The van der Waals surface area contributed by atoms with Gasteiger partial charge in [-0.25, -0.2) is 9.18 Å². The number of carbonyl (C=O) groups excluding carboxylic acids is 1. The molecule has 2 atom stereocenters. The van der Waals surface area contributed by atoms with Crippen LogP contribution in [0, 0.1) is 11.7 Å². The number of rotatable bonds is 12. The van der Waals surface area contributed by atoms with Gasteiger partial charge in [-0.3, -0.25) is 0 Å². The topological polar surface area (TPSA) is 57.2 Å². The number of fused-ring (bicyclic) bond motifs is 1. The van der Waals surface area contributed by atoms with Crippen LogP contribution in [0.5, 0.6) is 11.5 Å². The van der Waals surface area contributed by atoms with Crippen LogP contribution in [-0.4, -0.2) is 64.5 Å². The van der Waals surface area contributed by atoms with Crippen LogP contribution in [0.15, 0.2) is 36.4 Å². The molecule has 3 rings (SSSR count). The van der Waals surface area contributed by atoms with E-state index in [1.807, 2.05) is 24.3 Å². The van der Waals surface area contributed by atoms with Crippen LogP contribution < -0.4 is 9.47 Å². The fraction of sp³-hybridized carbons (Fsp3) is 0.552. The lowest BCUT2D eigenvalue weighted by molar-refractivity contribution is -0.172. The molecule has 36 heavy (non-hydrogen) atoms. The number of aryl methyl sites for hydroxylation is 1. The molecule has 1 aliphatic carbocycles. The molecule has 0 aliphatic heterocycles. The van der Waals surface area contributed by atoms with Crippen molar-refractivity contribution in [3.63, 3.8) is 0 Å². The van der Waals surface area contributed by atoms with Crippen molar-refractivity contribution in [3.05, 3.63) is 58.9 Å². The van der Waals surface area contributed by atoms with Crippen LogP contribution in [0.3, 0.4) is 0 Å². The SMILES string of the molecule is COCC(=O)O[C@]1(CCN(C)CCc2cc(OC)cc(OC)c2)CCc2cc(F)ccc2[C@@H]1C(C)C. The smallest absolute Gasteiger partial charge is 0.332 e. The average Bonchev–Trinajstić information content (AvgIpc) is 2.85. The first-order chi connectivity index (χ1) is 17.2. The van der Waals surface area contributed by atoms with Crippen molar-refractivity contribution in [2.24, 2.45) is 5.92 Å². The lowest BCUT2D eigenvalue weighted by Gasteiger charge is -2.47. The summed E-state index contributed by atoms with van der Waals surface area (Å²) in [6, 6.07) is 10.9. The van der Waals surface area contributed by atoms with E-state index in [9.17, 15) is 9.18 Å². The largest absolute Gasteiger partial charge is 0.497 e. The zero-order chi connectivity index (χ0) is 26.3. The summed E-state index contributed by atoms with van der Waals surface area (Å²) in [6.45, 7) is 5.77. The van der Waals surface area contributed by atoms with Gasteiger partial charge in [-0.05, 0) is 73.2 Å². The lowest BCUT2D eigenvalue weighted by atomic mass is 9.65. The van der Waals surface area contributed by atoms with Crippen molar-refractivity contribution in [1.29, 1.82) is 0 Å². The summed E-state index contributed by atoms with van der Waals surface area (Å²) < 4.78 is 36.1. The van der Waals surface area contributed by atoms with Gasteiger partial charge in [-0.15, -0.1) is 0 Å². The molecule has 0 aromatic heterocycles. The predicted octanol–water partition coefficient (Wildman–Crippen LogP) is 5.02. The van der Waals surface area contributed by atoms with E-state index >= 15 is 0 Å². The van der Waals surface area contributed by atoms with E-state index in [4.69, 9.17) is 18.9 Å². The Kier molecular flexibility index (Phi) is 9.74. The van der Waals surface area contributed by atoms with E-state index < -0.39 is 5.60 Å². The van der Waals surface area contributed by atoms with Crippen molar-refractivity contribution >= 4 is 5.97 Å². The second-order valence-electron chi connectivity index (χ2n) is 10.1. The Morgan fingerprint density at radius 3 is 2.39 bits per heavy atom. The molecule has 0 unspecified atom stereocenters. The van der Waals surface area contributed by atoms with Gasteiger partial charge in [0.2, 0.25) is 0 Å². The number of methoxy groups -OCH3 is 3. The summed E-state index contributed by atoms with van der Waals surface area (Å²) in [6.07, 6.45) is 2.84. The molecule has 0 N–H and O–H groups in total. The molecule has 0 amide bonds. The number of likely N-dealkylation sites (N-methyl/N-ethyl adjacent to an activating group) is 1. The normalized spacial score (nSPS) is 19.3. The molecule has 0 bridgehead atoms. The minimum Gasteiger partial charge on any atom is -0.497 e. The highest BCUT2D eigenvalue weighted by Crippen LogP contribution is 2.48. The first kappa shape index (κ1) is 27.9. The second kappa shape index (κ2) is 12.5. The number of halogens is 1. The predicted molar refractivity (Wildman–Crippen MR) is 138 cm³/mol. The maximum absolute atomic E-state index is 14.0. The number of carbonyl (C=O) groups is 1. The third-order valence-corrected chi connectivity index (χ3v) is 7.18. The Morgan fingerprint density at radius 1 is 1.08 bits per heavy atom. The van der Waals surface area contributed by atoms with Crippen LogP contribution in [0.25, 0.3) is 0 Å².